The first kappa shape index (κ1) is 3.96. The van der Waals surface area contributed by atoms with Gasteiger partial charge in [0.15, 0.2) is 0 Å². The molecule has 2 radical (unpaired) electrons. The van der Waals surface area contributed by atoms with Crippen LogP contribution in [0.15, 0.2) is 0 Å². The van der Waals surface area contributed by atoms with Gasteiger partial charge in [0.2, 0.25) is 0 Å². The van der Waals surface area contributed by atoms with E-state index >= 15 is 0 Å². The zero-order chi connectivity index (χ0) is 3.41. The zero-order valence-corrected chi connectivity index (χ0v) is 2.62. The molecular formula is C3H7N. The lowest BCUT2D eigenvalue weighted by atomic mass is 10.8. The molecule has 0 aliphatic heterocycles. The maximum Gasteiger partial charge on any atom is 0.00767 e. The average molecular weight is 57.1 g/mol. The van der Waals surface area contributed by atoms with E-state index in [2.05, 4.69) is 19.3 Å². The largest absolute Gasteiger partial charge is 0.315 e. The second kappa shape index (κ2) is 2.96. The van der Waals surface area contributed by atoms with Crippen LogP contribution in [0.5, 0.6) is 0 Å². The van der Waals surface area contributed by atoms with Crippen LogP contribution in [0.25, 0.3) is 0 Å². The van der Waals surface area contributed by atoms with Crippen LogP contribution in [0.4, 0.5) is 0 Å². The molecule has 0 aromatic heterocycles. The monoisotopic (exact) mass is 57.1 g/mol. The molecular weight excluding hydrogens is 50.0 g/mol. The van der Waals surface area contributed by atoms with Gasteiger partial charge < -0.3 is 5.32 Å². The van der Waals surface area contributed by atoms with E-state index in [0.717, 1.165) is 0 Å². The molecule has 0 spiro atoms. The number of rotatable bonds is 1. The van der Waals surface area contributed by atoms with Gasteiger partial charge >= 0.3 is 0 Å². The van der Waals surface area contributed by atoms with Gasteiger partial charge in [-0.2, -0.15) is 0 Å². The highest BCUT2D eigenvalue weighted by molar-refractivity contribution is 4.38. The van der Waals surface area contributed by atoms with Crippen molar-refractivity contribution in [3.63, 3.8) is 0 Å². The van der Waals surface area contributed by atoms with Crippen LogP contribution in [0.3, 0.4) is 0 Å². The highest BCUT2D eigenvalue weighted by Crippen LogP contribution is 1.36. The van der Waals surface area contributed by atoms with Crippen molar-refractivity contribution in [2.24, 2.45) is 0 Å². The summed E-state index contributed by atoms with van der Waals surface area (Å²) in [7, 11) is 3.29. The van der Waals surface area contributed by atoms with Crippen LogP contribution in [-0.4, -0.2) is 6.54 Å². The Morgan fingerprint density at radius 3 is 2.00 bits per heavy atom. The molecule has 1 nitrogen and oxygen atoms in total. The SMILES string of the molecule is [CH2]CN[CH2]. The Balaban J connectivity index is 1.97. The van der Waals surface area contributed by atoms with Crippen molar-refractivity contribution in [3.05, 3.63) is 14.0 Å². The minimum atomic E-state index is 0.708. The zero-order valence-electron chi connectivity index (χ0n) is 2.62. The molecule has 1 N–H and O–H groups in total. The van der Waals surface area contributed by atoms with Crippen molar-refractivity contribution < 1.29 is 0 Å². The molecule has 0 bridgehead atoms. The third-order valence-corrected chi connectivity index (χ3v) is 0.177. The highest BCUT2D eigenvalue weighted by Gasteiger charge is 1.51. The Labute approximate surface area is 27.0 Å². The fourth-order valence-corrected chi connectivity index (χ4v) is 0. The van der Waals surface area contributed by atoms with Crippen LogP contribution < -0.4 is 5.32 Å². The van der Waals surface area contributed by atoms with Gasteiger partial charge in [0.25, 0.3) is 0 Å². The Bertz CT molecular complexity index is 5.25. The predicted molar refractivity (Wildman–Crippen MR) is 18.7 cm³/mol. The van der Waals surface area contributed by atoms with Gasteiger partial charge in [-0.25, -0.2) is 0 Å². The van der Waals surface area contributed by atoms with Crippen molar-refractivity contribution in [1.29, 1.82) is 0 Å². The molecule has 0 saturated heterocycles. The lowest BCUT2D eigenvalue weighted by Crippen LogP contribution is -1.97. The van der Waals surface area contributed by atoms with Gasteiger partial charge in [-0.05, 0) is 13.5 Å². The topological polar surface area (TPSA) is 12.0 Å². The molecule has 0 amide bonds. The fraction of sp³-hybridized carbons (Fsp3) is 0.333. The molecule has 0 fully saturated rings. The summed E-state index contributed by atoms with van der Waals surface area (Å²) < 4.78 is 0. The Kier molecular flexibility index (Phi) is 2.93. The van der Waals surface area contributed by atoms with Crippen LogP contribution in [-0.2, 0) is 0 Å². The van der Waals surface area contributed by atoms with Crippen LogP contribution in [0.1, 0.15) is 0 Å². The lowest BCUT2D eigenvalue weighted by Gasteiger charge is -1.75. The second-order valence-electron chi connectivity index (χ2n) is 0.500. The summed E-state index contributed by atoms with van der Waals surface area (Å²) >= 11 is 0. The lowest BCUT2D eigenvalue weighted by molar-refractivity contribution is 0.980. The van der Waals surface area contributed by atoms with Gasteiger partial charge in [-0.1, -0.05) is 0 Å². The minimum Gasteiger partial charge on any atom is -0.315 e. The molecule has 0 aliphatic carbocycles. The number of hydrogen-bond acceptors (Lipinski definition) is 1. The van der Waals surface area contributed by atoms with Gasteiger partial charge in [-0.3, -0.25) is 0 Å². The van der Waals surface area contributed by atoms with Gasteiger partial charge in [-0.15, -0.1) is 0 Å². The molecule has 24 valence electrons. The quantitative estimate of drug-likeness (QED) is 0.453. The summed E-state index contributed by atoms with van der Waals surface area (Å²) in [5.41, 5.74) is 0. The molecule has 0 heterocycles. The van der Waals surface area contributed by atoms with Gasteiger partial charge in [0, 0.05) is 7.05 Å². The third-order valence-electron chi connectivity index (χ3n) is 0.177. The molecule has 0 saturated carbocycles. The van der Waals surface area contributed by atoms with E-state index in [1.165, 1.54) is 0 Å². The molecule has 0 atom stereocenters. The number of hydrogen-bond donors (Lipinski definition) is 1. The molecule has 0 aromatic rings. The summed E-state index contributed by atoms with van der Waals surface area (Å²) in [5.74, 6) is 0. The molecule has 0 rings (SSSR count). The number of nitrogens with one attached hydrogen (secondary N) is 1. The van der Waals surface area contributed by atoms with E-state index in [0.29, 0.717) is 6.54 Å². The second-order valence-corrected chi connectivity index (χ2v) is 0.500. The van der Waals surface area contributed by atoms with Crippen LogP contribution in [0, 0.1) is 14.0 Å². The highest BCUT2D eigenvalue weighted by atomic mass is 14.8. The van der Waals surface area contributed by atoms with Crippen molar-refractivity contribution in [2.45, 2.75) is 0 Å². The fourth-order valence-electron chi connectivity index (χ4n) is 0. The van der Waals surface area contributed by atoms with Gasteiger partial charge in [0.05, 0.1) is 0 Å². The van der Waals surface area contributed by atoms with E-state index in [1.54, 1.807) is 0 Å². The van der Waals surface area contributed by atoms with Crippen molar-refractivity contribution in [2.75, 3.05) is 6.54 Å². The summed E-state index contributed by atoms with van der Waals surface area (Å²) in [6.45, 7) is 4.14. The Morgan fingerprint density at radius 1 is 1.75 bits per heavy atom. The summed E-state index contributed by atoms with van der Waals surface area (Å²) in [6.07, 6.45) is 0. The van der Waals surface area contributed by atoms with E-state index in [1.807, 2.05) is 0 Å². The third kappa shape index (κ3) is 1.96. The molecule has 0 unspecified atom stereocenters. The predicted octanol–water partition coefficient (Wildman–Crippen LogP) is 0.202. The summed E-state index contributed by atoms with van der Waals surface area (Å²) in [5, 5.41) is 2.57. The maximum atomic E-state index is 3.43. The smallest absolute Gasteiger partial charge is 0.00767 e. The van der Waals surface area contributed by atoms with Crippen LogP contribution >= 0.6 is 0 Å². The summed E-state index contributed by atoms with van der Waals surface area (Å²) in [4.78, 5) is 0. The van der Waals surface area contributed by atoms with Crippen molar-refractivity contribution in [1.82, 2.24) is 5.32 Å². The maximum absolute atomic E-state index is 3.43. The first-order chi connectivity index (χ1) is 1.91. The van der Waals surface area contributed by atoms with E-state index in [-0.39, 0.29) is 0 Å². The summed E-state index contributed by atoms with van der Waals surface area (Å²) in [6, 6.07) is 0. The van der Waals surface area contributed by atoms with E-state index in [9.17, 15) is 0 Å². The van der Waals surface area contributed by atoms with Gasteiger partial charge in [0.1, 0.15) is 0 Å². The Hall–Kier alpha value is -0.0400. The first-order valence-corrected chi connectivity index (χ1v) is 1.21. The molecule has 0 aromatic carbocycles. The van der Waals surface area contributed by atoms with Crippen molar-refractivity contribution >= 4 is 0 Å². The van der Waals surface area contributed by atoms with E-state index < -0.39 is 0 Å². The normalized spacial score (nSPS) is 7.50. The molecule has 1 heteroatoms. The first-order valence-electron chi connectivity index (χ1n) is 1.21. The Morgan fingerprint density at radius 2 is 2.00 bits per heavy atom. The molecule has 4 heavy (non-hydrogen) atoms. The van der Waals surface area contributed by atoms with Crippen LogP contribution in [0.2, 0.25) is 0 Å². The minimum absolute atomic E-state index is 0.708. The van der Waals surface area contributed by atoms with Crippen molar-refractivity contribution in [3.8, 4) is 0 Å². The standard InChI is InChI=1S/C3H7N/c1-3-4-2/h4H,1-3H2. The van der Waals surface area contributed by atoms with E-state index in [4.69, 9.17) is 0 Å². The molecule has 0 aliphatic rings. The average Bonchev–Trinajstić information content (AvgIpc) is 1.37.